The van der Waals surface area contributed by atoms with Crippen molar-refractivity contribution < 1.29 is 29.3 Å². The number of hydrogen-bond donors (Lipinski definition) is 2. The minimum Gasteiger partial charge on any atom is -0.481 e. The predicted octanol–water partition coefficient (Wildman–Crippen LogP) is 2.46. The number of likely N-dealkylation sites (tertiary alicyclic amines) is 1. The minimum absolute atomic E-state index is 0.166. The number of carboxylic acid groups (broad SMARTS) is 1. The lowest BCUT2D eigenvalue weighted by atomic mass is 9.70. The Bertz CT molecular complexity index is 970. The third kappa shape index (κ3) is 3.60. The van der Waals surface area contributed by atoms with Crippen LogP contribution in [0.1, 0.15) is 19.8 Å². The molecule has 4 rings (SSSR count). The van der Waals surface area contributed by atoms with Crippen LogP contribution in [0.15, 0.2) is 36.9 Å². The van der Waals surface area contributed by atoms with Crippen LogP contribution >= 0.6 is 27.5 Å². The lowest BCUT2D eigenvalue weighted by Crippen LogP contribution is -2.59. The summed E-state index contributed by atoms with van der Waals surface area (Å²) in [5.41, 5.74) is -0.740. The Morgan fingerprint density at radius 1 is 1.42 bits per heavy atom. The molecule has 0 radical (unpaired) electrons. The maximum absolute atomic E-state index is 14.1. The normalized spacial score (nSPS) is 33.2. The molecule has 7 atom stereocenters. The highest BCUT2D eigenvalue weighted by atomic mass is 79.9. The molecule has 33 heavy (non-hydrogen) atoms. The van der Waals surface area contributed by atoms with Crippen LogP contribution in [0.5, 0.6) is 0 Å². The summed E-state index contributed by atoms with van der Waals surface area (Å²) in [6.45, 7) is 5.38. The van der Waals surface area contributed by atoms with Crippen molar-refractivity contribution in [1.29, 1.82) is 0 Å². The van der Waals surface area contributed by atoms with Gasteiger partial charge in [-0.1, -0.05) is 40.5 Å². The average Bonchev–Trinajstić information content (AvgIpc) is 3.37. The Hall–Kier alpha value is -1.94. The number of ether oxygens (including phenoxy) is 1. The molecule has 0 aromatic heterocycles. The number of hydrogen-bond acceptors (Lipinski definition) is 5. The van der Waals surface area contributed by atoms with Crippen molar-refractivity contribution in [3.8, 4) is 0 Å². The van der Waals surface area contributed by atoms with E-state index in [2.05, 4.69) is 22.5 Å². The summed E-state index contributed by atoms with van der Waals surface area (Å²) >= 11 is 9.54. The van der Waals surface area contributed by atoms with Gasteiger partial charge < -0.3 is 24.7 Å². The van der Waals surface area contributed by atoms with Gasteiger partial charge in [0.05, 0.1) is 30.6 Å². The molecule has 1 aromatic carbocycles. The van der Waals surface area contributed by atoms with Crippen LogP contribution in [0, 0.1) is 11.8 Å². The highest BCUT2D eigenvalue weighted by Gasteiger charge is 2.77. The number of amides is 2. The Morgan fingerprint density at radius 3 is 2.64 bits per heavy atom. The van der Waals surface area contributed by atoms with Crippen LogP contribution in [-0.4, -0.2) is 74.7 Å². The number of aliphatic carboxylic acids is 1. The Morgan fingerprint density at radius 2 is 2.09 bits per heavy atom. The minimum atomic E-state index is -1.30. The molecule has 3 fully saturated rings. The number of carbonyl (C=O) groups excluding carboxylic acids is 2. The van der Waals surface area contributed by atoms with Crippen LogP contribution < -0.4 is 4.90 Å². The molecule has 0 saturated carbocycles. The number of benzene rings is 1. The molecule has 2 N–H and O–H groups in total. The summed E-state index contributed by atoms with van der Waals surface area (Å²) in [6, 6.07) is 4.99. The van der Waals surface area contributed by atoms with Crippen molar-refractivity contribution in [2.45, 2.75) is 48.4 Å². The van der Waals surface area contributed by atoms with Crippen molar-refractivity contribution in [2.75, 3.05) is 18.1 Å². The Labute approximate surface area is 205 Å². The van der Waals surface area contributed by atoms with E-state index in [-0.39, 0.29) is 18.0 Å². The number of aliphatic hydroxyl groups excluding tert-OH is 1. The number of fused-ring (bicyclic) bond motifs is 1. The van der Waals surface area contributed by atoms with E-state index in [0.717, 1.165) is 0 Å². The second kappa shape index (κ2) is 9.02. The third-order valence-electron chi connectivity index (χ3n) is 7.04. The number of halogens is 2. The molecule has 3 saturated heterocycles. The fourth-order valence-electron chi connectivity index (χ4n) is 5.66. The number of anilines is 1. The van der Waals surface area contributed by atoms with Crippen LogP contribution in [0.2, 0.25) is 5.02 Å². The second-order valence-electron chi connectivity index (χ2n) is 8.71. The number of carbonyl (C=O) groups is 3. The average molecular weight is 542 g/mol. The first-order valence-electron chi connectivity index (χ1n) is 10.9. The highest BCUT2D eigenvalue weighted by Crippen LogP contribution is 2.60. The van der Waals surface area contributed by atoms with E-state index in [1.54, 1.807) is 30.3 Å². The van der Waals surface area contributed by atoms with Crippen molar-refractivity contribution >= 4 is 51.0 Å². The lowest BCUT2D eigenvalue weighted by molar-refractivity contribution is -0.150. The fraction of sp³-hybridized carbons (Fsp3) is 0.522. The quantitative estimate of drug-likeness (QED) is 0.387. The largest absolute Gasteiger partial charge is 0.481 e. The van der Waals surface area contributed by atoms with Gasteiger partial charge in [-0.2, -0.15) is 0 Å². The SMILES string of the molecule is C=CCN(C(=O)[C@H]1N([C@@H](CC)CO)C(=O)[C@@H]2[C@@H](C(=O)O)[C@@H]3O[C@@]21CC3Br)c1ccc(Cl)cc1. The number of rotatable bonds is 8. The summed E-state index contributed by atoms with van der Waals surface area (Å²) in [5.74, 6) is -4.07. The molecule has 2 bridgehead atoms. The summed E-state index contributed by atoms with van der Waals surface area (Å²) in [5, 5.41) is 20.5. The van der Waals surface area contributed by atoms with Crippen molar-refractivity contribution in [2.24, 2.45) is 11.8 Å². The van der Waals surface area contributed by atoms with Gasteiger partial charge in [-0.3, -0.25) is 14.4 Å². The molecule has 3 aliphatic heterocycles. The van der Waals surface area contributed by atoms with Crippen LogP contribution in [0.25, 0.3) is 0 Å². The van der Waals surface area contributed by atoms with Crippen LogP contribution in [0.3, 0.4) is 0 Å². The molecule has 0 aliphatic carbocycles. The summed E-state index contributed by atoms with van der Waals surface area (Å²) in [6.07, 6.45) is 1.57. The Kier molecular flexibility index (Phi) is 6.61. The molecule has 3 aliphatic rings. The van der Waals surface area contributed by atoms with E-state index in [1.165, 1.54) is 9.80 Å². The van der Waals surface area contributed by atoms with Gasteiger partial charge in [0.1, 0.15) is 11.6 Å². The van der Waals surface area contributed by atoms with E-state index in [4.69, 9.17) is 16.3 Å². The first kappa shape index (κ1) is 24.2. The summed E-state index contributed by atoms with van der Waals surface area (Å²) in [4.78, 5) is 42.5. The van der Waals surface area contributed by atoms with Crippen LogP contribution in [0.4, 0.5) is 5.69 Å². The molecule has 1 aromatic rings. The van der Waals surface area contributed by atoms with Gasteiger partial charge in [0.25, 0.3) is 5.91 Å². The molecule has 3 heterocycles. The molecular formula is C23H26BrClN2O6. The first-order valence-corrected chi connectivity index (χ1v) is 12.2. The van der Waals surface area contributed by atoms with E-state index >= 15 is 0 Å². The number of aliphatic hydroxyl groups is 1. The molecular weight excluding hydrogens is 516 g/mol. The standard InChI is InChI=1S/C23H26BrClN2O6/c1-3-9-26(14-7-5-12(25)6-8-14)21(30)19-23-10-15(24)18(33-23)16(22(31)32)17(23)20(29)27(19)13(4-2)11-28/h3,5-8,13,15-19,28H,1,4,9-11H2,2H3,(H,31,32)/t13-,15?,16+,17-,18+,19+,23-/m0/s1. The molecule has 178 valence electrons. The molecule has 1 spiro atoms. The highest BCUT2D eigenvalue weighted by molar-refractivity contribution is 9.09. The lowest BCUT2D eigenvalue weighted by Gasteiger charge is -2.39. The van der Waals surface area contributed by atoms with Gasteiger partial charge in [0, 0.05) is 22.1 Å². The molecule has 8 nitrogen and oxygen atoms in total. The van der Waals surface area contributed by atoms with Gasteiger partial charge >= 0.3 is 5.97 Å². The molecule has 10 heteroatoms. The zero-order chi connectivity index (χ0) is 24.1. The number of alkyl halides is 1. The number of nitrogens with zero attached hydrogens (tertiary/aromatic N) is 2. The van der Waals surface area contributed by atoms with Crippen molar-refractivity contribution in [1.82, 2.24) is 4.90 Å². The molecule has 2 amide bonds. The smallest absolute Gasteiger partial charge is 0.310 e. The zero-order valence-corrected chi connectivity index (χ0v) is 20.4. The van der Waals surface area contributed by atoms with E-state index in [1.807, 2.05) is 6.92 Å². The number of carboxylic acids is 1. The summed E-state index contributed by atoms with van der Waals surface area (Å²) in [7, 11) is 0. The Balaban J connectivity index is 1.84. The first-order chi connectivity index (χ1) is 15.7. The molecule has 1 unspecified atom stereocenters. The van der Waals surface area contributed by atoms with Gasteiger partial charge in [0.15, 0.2) is 0 Å². The fourth-order valence-corrected chi connectivity index (χ4v) is 6.73. The second-order valence-corrected chi connectivity index (χ2v) is 10.3. The van der Waals surface area contributed by atoms with Gasteiger partial charge in [-0.25, -0.2) is 0 Å². The van der Waals surface area contributed by atoms with Gasteiger partial charge in [0.2, 0.25) is 5.91 Å². The van der Waals surface area contributed by atoms with Gasteiger partial charge in [-0.15, -0.1) is 6.58 Å². The maximum atomic E-state index is 14.1. The van der Waals surface area contributed by atoms with Crippen LogP contribution in [-0.2, 0) is 19.1 Å². The zero-order valence-electron chi connectivity index (χ0n) is 18.1. The predicted molar refractivity (Wildman–Crippen MR) is 125 cm³/mol. The maximum Gasteiger partial charge on any atom is 0.310 e. The third-order valence-corrected chi connectivity index (χ3v) is 8.13. The van der Waals surface area contributed by atoms with Crippen molar-refractivity contribution in [3.63, 3.8) is 0 Å². The topological polar surface area (TPSA) is 107 Å². The van der Waals surface area contributed by atoms with Crippen molar-refractivity contribution in [3.05, 3.63) is 41.9 Å². The van der Waals surface area contributed by atoms with E-state index in [9.17, 15) is 24.6 Å². The summed E-state index contributed by atoms with van der Waals surface area (Å²) < 4.78 is 6.26. The van der Waals surface area contributed by atoms with E-state index < -0.39 is 53.4 Å². The monoisotopic (exact) mass is 540 g/mol. The van der Waals surface area contributed by atoms with Gasteiger partial charge in [-0.05, 0) is 37.1 Å². The van der Waals surface area contributed by atoms with E-state index in [0.29, 0.717) is 23.6 Å².